The number of rotatable bonds is 12. The zero-order valence-corrected chi connectivity index (χ0v) is 43.0. The Labute approximate surface area is 420 Å². The average molecular weight is 1030 g/mol. The van der Waals surface area contributed by atoms with Gasteiger partial charge < -0.3 is 19.2 Å². The number of thiophene rings is 2. The van der Waals surface area contributed by atoms with Crippen molar-refractivity contribution in [1.82, 2.24) is 20.1 Å². The summed E-state index contributed by atoms with van der Waals surface area (Å²) < 4.78 is 79.0. The van der Waals surface area contributed by atoms with Gasteiger partial charge in [0.1, 0.15) is 9.66 Å². The molecule has 0 saturated heterocycles. The van der Waals surface area contributed by atoms with Crippen molar-refractivity contribution < 1.29 is 36.0 Å². The fourth-order valence-corrected chi connectivity index (χ4v) is 11.3. The Kier molecular flexibility index (Phi) is 14.3. The highest BCUT2D eigenvalue weighted by Crippen LogP contribution is 2.44. The number of carbonyl (C=O) groups excluding carboxylic acids is 1. The van der Waals surface area contributed by atoms with Crippen molar-refractivity contribution in [3.8, 4) is 39.7 Å². The lowest BCUT2D eigenvalue weighted by Crippen LogP contribution is -2.33. The van der Waals surface area contributed by atoms with Crippen molar-refractivity contribution in [3.05, 3.63) is 156 Å². The van der Waals surface area contributed by atoms with E-state index in [1.165, 1.54) is 63.3 Å². The SMILES string of the molecule is Cc1cc(C)cc(-c2[nH]c3sc(C(C)(C)C(=O)Oc4c(F)c(F)c(F)c(F)c4F)cc3c2CCCl)c1.Cc1ccc(-c2noc(C(C)(C)c3cc4c(CCCl)c(-c5cc(C)cc(C)c5)[nH]c4s3)n2)cc1. The summed E-state index contributed by atoms with van der Waals surface area (Å²) in [5.74, 6) is -11.8. The topological polar surface area (TPSA) is 96.8 Å². The maximum absolute atomic E-state index is 14.1. The molecule has 0 fully saturated rings. The van der Waals surface area contributed by atoms with Gasteiger partial charge in [-0.3, -0.25) is 4.79 Å². The van der Waals surface area contributed by atoms with Crippen LogP contribution in [0.4, 0.5) is 22.0 Å². The largest absolute Gasteiger partial charge is 0.419 e. The third kappa shape index (κ3) is 9.67. The first-order chi connectivity index (χ1) is 33.1. The lowest BCUT2D eigenvalue weighted by molar-refractivity contribution is -0.140. The van der Waals surface area contributed by atoms with Crippen LogP contribution in [0.3, 0.4) is 0 Å². The number of ether oxygens (including phenoxy) is 1. The van der Waals surface area contributed by atoms with Gasteiger partial charge in [0.2, 0.25) is 46.6 Å². The molecule has 9 rings (SSSR count). The minimum Gasteiger partial charge on any atom is -0.419 e. The zero-order chi connectivity index (χ0) is 50.6. The maximum Gasteiger partial charge on any atom is 0.322 e. The van der Waals surface area contributed by atoms with Crippen LogP contribution in [-0.4, -0.2) is 37.8 Å². The predicted octanol–water partition coefficient (Wildman–Crippen LogP) is 15.9. The summed E-state index contributed by atoms with van der Waals surface area (Å²) in [5.41, 5.74) is 11.4. The molecule has 16 heteroatoms. The van der Waals surface area contributed by atoms with Gasteiger partial charge in [-0.1, -0.05) is 69.4 Å². The molecule has 7 nitrogen and oxygen atoms in total. The number of hydrogen-bond donors (Lipinski definition) is 2. The van der Waals surface area contributed by atoms with Gasteiger partial charge in [0.25, 0.3) is 0 Å². The molecule has 0 unspecified atom stereocenters. The van der Waals surface area contributed by atoms with Gasteiger partial charge in [0.15, 0.2) is 0 Å². The van der Waals surface area contributed by atoms with E-state index in [1.54, 1.807) is 17.4 Å². The van der Waals surface area contributed by atoms with Crippen molar-refractivity contribution in [3.63, 3.8) is 0 Å². The van der Waals surface area contributed by atoms with Crippen molar-refractivity contribution in [1.29, 1.82) is 0 Å². The summed E-state index contributed by atoms with van der Waals surface area (Å²) >= 11 is 15.3. The number of H-pyrrole nitrogens is 2. The molecule has 2 N–H and O–H groups in total. The summed E-state index contributed by atoms with van der Waals surface area (Å²) in [5, 5.41) is 6.30. The summed E-state index contributed by atoms with van der Waals surface area (Å²) in [7, 11) is 0. The first-order valence-electron chi connectivity index (χ1n) is 22.4. The van der Waals surface area contributed by atoms with Crippen LogP contribution in [-0.2, 0) is 28.5 Å². The predicted molar refractivity (Wildman–Crippen MR) is 273 cm³/mol. The number of aromatic nitrogens is 4. The Bertz CT molecular complexity index is 3370. The number of benzene rings is 4. The van der Waals surface area contributed by atoms with Gasteiger partial charge in [0.05, 0.1) is 22.2 Å². The van der Waals surface area contributed by atoms with Crippen LogP contribution in [0.2, 0.25) is 0 Å². The molecule has 0 spiro atoms. The van der Waals surface area contributed by atoms with Gasteiger partial charge in [0, 0.05) is 37.9 Å². The van der Waals surface area contributed by atoms with Crippen LogP contribution in [0.25, 0.3) is 54.3 Å². The Morgan fingerprint density at radius 3 is 1.53 bits per heavy atom. The van der Waals surface area contributed by atoms with E-state index in [0.717, 1.165) is 60.7 Å². The fourth-order valence-electron chi connectivity index (χ4n) is 8.52. The zero-order valence-electron chi connectivity index (χ0n) is 39.8. The Hall–Kier alpha value is -5.80. The lowest BCUT2D eigenvalue weighted by Gasteiger charge is -2.21. The molecular formula is C54H49Cl2F5N4O3S2. The van der Waals surface area contributed by atoms with Gasteiger partial charge in [-0.2, -0.15) is 13.8 Å². The molecule has 0 amide bonds. The average Bonchev–Trinajstić information content (AvgIpc) is 4.15. The number of fused-ring (bicyclic) bond motifs is 2. The van der Waals surface area contributed by atoms with Gasteiger partial charge in [-0.15, -0.1) is 45.9 Å². The minimum absolute atomic E-state index is 0.349. The van der Waals surface area contributed by atoms with E-state index in [4.69, 9.17) is 37.4 Å². The number of esters is 1. The van der Waals surface area contributed by atoms with E-state index in [-0.39, 0.29) is 0 Å². The van der Waals surface area contributed by atoms with Gasteiger partial charge >= 0.3 is 5.97 Å². The molecule has 70 heavy (non-hydrogen) atoms. The molecule has 0 aliphatic heterocycles. The first-order valence-corrected chi connectivity index (χ1v) is 25.1. The third-order valence-electron chi connectivity index (χ3n) is 12.3. The summed E-state index contributed by atoms with van der Waals surface area (Å²) in [6.45, 7) is 17.5. The Balaban J connectivity index is 0.000000188. The van der Waals surface area contributed by atoms with E-state index in [9.17, 15) is 26.7 Å². The summed E-state index contributed by atoms with van der Waals surface area (Å²) in [4.78, 5) is 28.3. The smallest absolute Gasteiger partial charge is 0.322 e. The number of hydrogen-bond acceptors (Lipinski definition) is 7. The third-order valence-corrected chi connectivity index (χ3v) is 15.4. The standard InChI is InChI=1S/C28H28ClN3OS.C26H21ClF5NO2S/c1-16-6-8-19(9-7-16)25-31-27(33-32-25)28(4,5)23-15-22-21(10-11-29)24(30-26(22)34-23)20-13-17(2)12-18(3)14-20;1-11-7-12(2)9-13(8-11)22-14(5-6-27)15-10-16(36-24(15)33-22)26(3,4)25(34)35-23-20(31)18(29)17(28)19(30)21(23)32/h6-9,12-15,30H,10-11H2,1-5H3;7-10,33H,5-6H2,1-4H3. The van der Waals surface area contributed by atoms with Crippen molar-refractivity contribution in [2.45, 2.75) is 86.0 Å². The first kappa shape index (κ1) is 50.6. The molecule has 4 aromatic carbocycles. The number of halogens is 7. The summed E-state index contributed by atoms with van der Waals surface area (Å²) in [6.07, 6.45) is 1.34. The van der Waals surface area contributed by atoms with Gasteiger partial charge in [-0.25, -0.2) is 13.2 Å². The monoisotopic (exact) mass is 1030 g/mol. The number of alkyl halides is 2. The van der Waals surface area contributed by atoms with E-state index >= 15 is 0 Å². The normalized spacial score (nSPS) is 12.0. The Morgan fingerprint density at radius 2 is 1.06 bits per heavy atom. The van der Waals surface area contributed by atoms with E-state index in [1.807, 2.05) is 38.1 Å². The molecule has 0 radical (unpaired) electrons. The quantitative estimate of drug-likeness (QED) is 0.0317. The number of aromatic amines is 2. The van der Waals surface area contributed by atoms with Crippen molar-refractivity contribution in [2.24, 2.45) is 0 Å². The van der Waals surface area contributed by atoms with Crippen molar-refractivity contribution in [2.75, 3.05) is 11.8 Å². The molecule has 5 heterocycles. The molecule has 0 aliphatic rings. The molecule has 0 bridgehead atoms. The van der Waals surface area contributed by atoms with Crippen LogP contribution in [0.1, 0.15) is 82.3 Å². The molecular weight excluding hydrogens is 983 g/mol. The molecule has 5 aromatic heterocycles. The minimum atomic E-state index is -2.33. The molecule has 9 aromatic rings. The molecule has 0 saturated carbocycles. The molecule has 0 aliphatic carbocycles. The van der Waals surface area contributed by atoms with Gasteiger partial charge in [-0.05, 0) is 134 Å². The number of nitrogens with zero attached hydrogens (tertiary/aromatic N) is 2. The number of aryl methyl sites for hydroxylation is 7. The number of nitrogens with one attached hydrogen (secondary N) is 2. The van der Waals surface area contributed by atoms with Crippen LogP contribution < -0.4 is 4.74 Å². The van der Waals surface area contributed by atoms with E-state index in [2.05, 4.69) is 92.2 Å². The van der Waals surface area contributed by atoms with Crippen LogP contribution >= 0.6 is 45.9 Å². The van der Waals surface area contributed by atoms with E-state index < -0.39 is 51.6 Å². The Morgan fingerprint density at radius 1 is 0.614 bits per heavy atom. The van der Waals surface area contributed by atoms with Crippen LogP contribution in [0, 0.1) is 63.7 Å². The van der Waals surface area contributed by atoms with E-state index in [0.29, 0.717) is 34.8 Å². The second-order valence-electron chi connectivity index (χ2n) is 18.6. The second-order valence-corrected chi connectivity index (χ2v) is 21.5. The fraction of sp³-hybridized carbons (Fsp3) is 0.278. The highest BCUT2D eigenvalue weighted by Gasteiger charge is 2.38. The van der Waals surface area contributed by atoms with Crippen LogP contribution in [0.15, 0.2) is 77.3 Å². The second kappa shape index (κ2) is 19.8. The maximum atomic E-state index is 14.1. The van der Waals surface area contributed by atoms with Crippen molar-refractivity contribution >= 4 is 72.3 Å². The summed E-state index contributed by atoms with van der Waals surface area (Å²) in [6, 6.07) is 25.0. The molecule has 0 atom stereocenters. The van der Waals surface area contributed by atoms with Crippen LogP contribution in [0.5, 0.6) is 5.75 Å². The molecule has 364 valence electrons. The lowest BCUT2D eigenvalue weighted by atomic mass is 9.90. The number of carbonyl (C=O) groups is 1. The highest BCUT2D eigenvalue weighted by molar-refractivity contribution is 7.19. The highest BCUT2D eigenvalue weighted by atomic mass is 35.5.